The Labute approximate surface area is 173 Å². The number of carbonyl (C=O) groups is 1. The van der Waals surface area contributed by atoms with E-state index in [9.17, 15) is 18.0 Å². The number of ether oxygens (including phenoxy) is 2. The number of carbonyl (C=O) groups excluding carboxylic acids is 1. The molecule has 4 heterocycles. The maximum atomic E-state index is 13.5. The summed E-state index contributed by atoms with van der Waals surface area (Å²) in [5, 5.41) is 6.84. The van der Waals surface area contributed by atoms with Crippen molar-refractivity contribution in [1.29, 1.82) is 0 Å². The number of likely N-dealkylation sites (tertiary alicyclic amines) is 1. The van der Waals surface area contributed by atoms with Crippen LogP contribution < -0.4 is 5.32 Å². The van der Waals surface area contributed by atoms with E-state index in [-0.39, 0.29) is 42.9 Å². The predicted octanol–water partition coefficient (Wildman–Crippen LogP) is 2.39. The highest BCUT2D eigenvalue weighted by Gasteiger charge is 2.48. The van der Waals surface area contributed by atoms with Gasteiger partial charge in [-0.25, -0.2) is 4.68 Å². The number of anilines is 1. The third kappa shape index (κ3) is 4.88. The molecule has 0 aliphatic carbocycles. The lowest BCUT2D eigenvalue weighted by atomic mass is 9.85. The molecule has 4 rings (SSSR count). The van der Waals surface area contributed by atoms with E-state index in [0.29, 0.717) is 32.5 Å². The smallest absolute Gasteiger partial charge is 0.376 e. The van der Waals surface area contributed by atoms with E-state index < -0.39 is 12.2 Å². The Balaban J connectivity index is 1.25. The van der Waals surface area contributed by atoms with Gasteiger partial charge in [-0.15, -0.1) is 0 Å². The van der Waals surface area contributed by atoms with Gasteiger partial charge < -0.3 is 19.7 Å². The van der Waals surface area contributed by atoms with Crippen molar-refractivity contribution in [2.75, 3.05) is 38.2 Å². The van der Waals surface area contributed by atoms with Gasteiger partial charge in [-0.3, -0.25) is 4.79 Å². The molecule has 11 heteroatoms. The minimum Gasteiger partial charge on any atom is -0.376 e. The lowest BCUT2D eigenvalue weighted by Crippen LogP contribution is -2.48. The maximum absolute atomic E-state index is 13.5. The number of halogens is 3. The average molecular weight is 431 g/mol. The van der Waals surface area contributed by atoms with Crippen LogP contribution in [0.15, 0.2) is 6.33 Å². The highest BCUT2D eigenvalue weighted by atomic mass is 19.4. The molecule has 30 heavy (non-hydrogen) atoms. The largest absolute Gasteiger partial charge is 0.411 e. The summed E-state index contributed by atoms with van der Waals surface area (Å²) in [5.74, 6) is 0.125. The lowest BCUT2D eigenvalue weighted by Gasteiger charge is -2.40. The molecule has 3 aliphatic heterocycles. The van der Waals surface area contributed by atoms with Gasteiger partial charge in [-0.1, -0.05) is 0 Å². The molecule has 1 aromatic heterocycles. The Kier molecular flexibility index (Phi) is 6.47. The standard InChI is InChI=1S/C19H28F3N5O3/c20-19(21,22)16-9-15(25-18-23-12-24-27(16)18)13-4-6-26(7-5-13)17(28)11-29-10-14-3-1-2-8-30-14/h12-16H,1-11H2,(H,23,24,25)/t14?,15-,16+/m0/s1. The zero-order valence-corrected chi connectivity index (χ0v) is 16.8. The molecular formula is C19H28F3N5O3. The summed E-state index contributed by atoms with van der Waals surface area (Å²) in [5.41, 5.74) is 0. The SMILES string of the molecule is O=C(COCC1CCCCO1)N1CCC([C@@H]2C[C@H](C(F)(F)F)n3ncnc3N2)CC1. The zero-order chi connectivity index (χ0) is 21.1. The quantitative estimate of drug-likeness (QED) is 0.771. The van der Waals surface area contributed by atoms with Gasteiger partial charge in [0.15, 0.2) is 6.04 Å². The first-order valence-corrected chi connectivity index (χ1v) is 10.6. The van der Waals surface area contributed by atoms with Crippen LogP contribution in [0.3, 0.4) is 0 Å². The van der Waals surface area contributed by atoms with Crippen LogP contribution in [0, 0.1) is 5.92 Å². The molecule has 0 radical (unpaired) electrons. The number of amides is 1. The maximum Gasteiger partial charge on any atom is 0.411 e. The second kappa shape index (κ2) is 9.09. The number of nitrogens with zero attached hydrogens (tertiary/aromatic N) is 4. The van der Waals surface area contributed by atoms with Crippen LogP contribution in [0.1, 0.15) is 44.6 Å². The second-order valence-corrected chi connectivity index (χ2v) is 8.29. The molecule has 0 aromatic carbocycles. The summed E-state index contributed by atoms with van der Waals surface area (Å²) in [6.45, 7) is 2.23. The van der Waals surface area contributed by atoms with E-state index in [1.165, 1.54) is 0 Å². The minimum absolute atomic E-state index is 0.0193. The van der Waals surface area contributed by atoms with Gasteiger partial charge in [0.2, 0.25) is 11.9 Å². The molecule has 0 spiro atoms. The van der Waals surface area contributed by atoms with Crippen LogP contribution in [-0.2, 0) is 14.3 Å². The molecule has 1 N–H and O–H groups in total. The van der Waals surface area contributed by atoms with Crippen molar-refractivity contribution < 1.29 is 27.4 Å². The summed E-state index contributed by atoms with van der Waals surface area (Å²) in [7, 11) is 0. The van der Waals surface area contributed by atoms with Crippen molar-refractivity contribution in [3.63, 3.8) is 0 Å². The van der Waals surface area contributed by atoms with Crippen molar-refractivity contribution in [2.45, 2.75) is 62.9 Å². The highest BCUT2D eigenvalue weighted by molar-refractivity contribution is 5.77. The van der Waals surface area contributed by atoms with Gasteiger partial charge in [0.05, 0.1) is 12.7 Å². The van der Waals surface area contributed by atoms with Crippen LogP contribution in [0.5, 0.6) is 0 Å². The fourth-order valence-electron chi connectivity index (χ4n) is 4.59. The van der Waals surface area contributed by atoms with Crippen LogP contribution >= 0.6 is 0 Å². The molecule has 1 unspecified atom stereocenters. The van der Waals surface area contributed by atoms with Gasteiger partial charge in [0.25, 0.3) is 0 Å². The molecule has 0 bridgehead atoms. The van der Waals surface area contributed by atoms with E-state index in [2.05, 4.69) is 15.4 Å². The first-order valence-electron chi connectivity index (χ1n) is 10.6. The zero-order valence-electron chi connectivity index (χ0n) is 16.8. The summed E-state index contributed by atoms with van der Waals surface area (Å²) >= 11 is 0. The molecular weight excluding hydrogens is 403 g/mol. The van der Waals surface area contributed by atoms with Crippen molar-refractivity contribution in [3.05, 3.63) is 6.33 Å². The highest BCUT2D eigenvalue weighted by Crippen LogP contribution is 2.41. The Hall–Kier alpha value is -1.88. The Morgan fingerprint density at radius 1 is 1.27 bits per heavy atom. The number of piperidine rings is 1. The average Bonchev–Trinajstić information content (AvgIpc) is 3.22. The van der Waals surface area contributed by atoms with Crippen molar-refractivity contribution in [2.24, 2.45) is 5.92 Å². The molecule has 2 fully saturated rings. The minimum atomic E-state index is -4.38. The van der Waals surface area contributed by atoms with Crippen molar-refractivity contribution >= 4 is 11.9 Å². The lowest BCUT2D eigenvalue weighted by molar-refractivity contribution is -0.174. The third-order valence-electron chi connectivity index (χ3n) is 6.30. The summed E-state index contributed by atoms with van der Waals surface area (Å²) < 4.78 is 52.5. The predicted molar refractivity (Wildman–Crippen MR) is 101 cm³/mol. The number of hydrogen-bond donors (Lipinski definition) is 1. The van der Waals surface area contributed by atoms with E-state index in [4.69, 9.17) is 9.47 Å². The van der Waals surface area contributed by atoms with Gasteiger partial charge in [-0.2, -0.15) is 23.3 Å². The molecule has 1 amide bonds. The van der Waals surface area contributed by atoms with Crippen LogP contribution in [-0.4, -0.2) is 76.8 Å². The number of alkyl halides is 3. The fourth-order valence-corrected chi connectivity index (χ4v) is 4.59. The van der Waals surface area contributed by atoms with Crippen LogP contribution in [0.25, 0.3) is 0 Å². The van der Waals surface area contributed by atoms with Gasteiger partial charge in [0, 0.05) is 25.7 Å². The summed E-state index contributed by atoms with van der Waals surface area (Å²) in [6, 6.07) is -2.01. The topological polar surface area (TPSA) is 81.5 Å². The molecule has 2 saturated heterocycles. The molecule has 8 nitrogen and oxygen atoms in total. The van der Waals surface area contributed by atoms with Crippen molar-refractivity contribution in [3.8, 4) is 0 Å². The van der Waals surface area contributed by atoms with E-state index >= 15 is 0 Å². The number of fused-ring (bicyclic) bond motifs is 1. The van der Waals surface area contributed by atoms with Crippen LogP contribution in [0.2, 0.25) is 0 Å². The first-order chi connectivity index (χ1) is 14.4. The monoisotopic (exact) mass is 431 g/mol. The summed E-state index contributed by atoms with van der Waals surface area (Å²) in [6.07, 6.45) is 1.20. The van der Waals surface area contributed by atoms with Crippen molar-refractivity contribution in [1.82, 2.24) is 19.7 Å². The molecule has 1 aromatic rings. The normalized spacial score (nSPS) is 28.1. The van der Waals surface area contributed by atoms with Gasteiger partial charge in [0.1, 0.15) is 12.9 Å². The van der Waals surface area contributed by atoms with E-state index in [0.717, 1.165) is 36.9 Å². The second-order valence-electron chi connectivity index (χ2n) is 8.29. The molecule has 3 aliphatic rings. The van der Waals surface area contributed by atoms with Crippen LogP contribution in [0.4, 0.5) is 19.1 Å². The van der Waals surface area contributed by atoms with E-state index in [1.54, 1.807) is 4.90 Å². The fraction of sp³-hybridized carbons (Fsp3) is 0.842. The summed E-state index contributed by atoms with van der Waals surface area (Å²) in [4.78, 5) is 18.1. The molecule has 3 atom stereocenters. The third-order valence-corrected chi connectivity index (χ3v) is 6.30. The Morgan fingerprint density at radius 3 is 2.77 bits per heavy atom. The molecule has 168 valence electrons. The number of hydrogen-bond acceptors (Lipinski definition) is 6. The number of rotatable bonds is 5. The van der Waals surface area contributed by atoms with Gasteiger partial charge in [-0.05, 0) is 44.4 Å². The van der Waals surface area contributed by atoms with Gasteiger partial charge >= 0.3 is 6.18 Å². The number of aromatic nitrogens is 3. The number of nitrogens with one attached hydrogen (secondary N) is 1. The van der Waals surface area contributed by atoms with E-state index in [1.807, 2.05) is 0 Å². The Bertz CT molecular complexity index is 715. The first kappa shape index (κ1) is 21.4. The Morgan fingerprint density at radius 2 is 2.07 bits per heavy atom. The molecule has 0 saturated carbocycles.